The van der Waals surface area contributed by atoms with Crippen LogP contribution in [0, 0.1) is 0 Å². The lowest BCUT2D eigenvalue weighted by Crippen LogP contribution is -2.42. The Kier molecular flexibility index (Phi) is 5.90. The summed E-state index contributed by atoms with van der Waals surface area (Å²) in [5.74, 6) is -0.909. The second-order valence-corrected chi connectivity index (χ2v) is 4.72. The summed E-state index contributed by atoms with van der Waals surface area (Å²) in [6.07, 6.45) is 0. The van der Waals surface area contributed by atoms with Crippen LogP contribution in [-0.4, -0.2) is 24.4 Å². The molecule has 0 spiro atoms. The van der Waals surface area contributed by atoms with Crippen molar-refractivity contribution in [1.82, 2.24) is 10.9 Å². The third-order valence-corrected chi connectivity index (χ3v) is 2.79. The van der Waals surface area contributed by atoms with Gasteiger partial charge in [0.05, 0.1) is 0 Å². The maximum atomic E-state index is 12.1. The van der Waals surface area contributed by atoms with E-state index in [0.717, 1.165) is 0 Å². The Hall–Kier alpha value is -3.35. The Morgan fingerprint density at radius 2 is 1.58 bits per heavy atom. The number of carbonyl (C=O) groups excluding carboxylic acids is 3. The van der Waals surface area contributed by atoms with Crippen molar-refractivity contribution in [2.45, 2.75) is 6.92 Å². The maximum Gasteiger partial charge on any atom is 0.342 e. The number of esters is 1. The van der Waals surface area contributed by atoms with Crippen molar-refractivity contribution in [3.05, 3.63) is 60.2 Å². The smallest absolute Gasteiger partial charge is 0.342 e. The predicted molar refractivity (Wildman–Crippen MR) is 85.2 cm³/mol. The monoisotopic (exact) mass is 328 g/mol. The van der Waals surface area contributed by atoms with Crippen LogP contribution in [0.1, 0.15) is 17.3 Å². The third-order valence-electron chi connectivity index (χ3n) is 2.79. The summed E-state index contributed by atoms with van der Waals surface area (Å²) < 4.78 is 10.6. The molecule has 0 heterocycles. The number of hydrazine groups is 1. The normalized spacial score (nSPS) is 9.71. The van der Waals surface area contributed by atoms with Crippen LogP contribution in [0.15, 0.2) is 54.6 Å². The average Bonchev–Trinajstić information content (AvgIpc) is 2.59. The van der Waals surface area contributed by atoms with Crippen molar-refractivity contribution >= 4 is 17.8 Å². The van der Waals surface area contributed by atoms with Gasteiger partial charge in [-0.05, 0) is 24.3 Å². The summed E-state index contributed by atoms with van der Waals surface area (Å²) in [6.45, 7) is 0.711. The van der Waals surface area contributed by atoms with Crippen molar-refractivity contribution in [2.75, 3.05) is 6.61 Å². The molecule has 0 aromatic heterocycles. The van der Waals surface area contributed by atoms with Gasteiger partial charge in [0.25, 0.3) is 5.91 Å². The van der Waals surface area contributed by atoms with Gasteiger partial charge in [-0.25, -0.2) is 4.79 Å². The van der Waals surface area contributed by atoms with Crippen LogP contribution < -0.4 is 15.6 Å². The fourth-order valence-electron chi connectivity index (χ4n) is 1.74. The van der Waals surface area contributed by atoms with Crippen molar-refractivity contribution in [3.8, 4) is 11.5 Å². The molecule has 0 fully saturated rings. The Labute approximate surface area is 138 Å². The molecule has 0 bridgehead atoms. The van der Waals surface area contributed by atoms with Gasteiger partial charge in [0.2, 0.25) is 5.91 Å². The van der Waals surface area contributed by atoms with E-state index in [1.807, 2.05) is 18.2 Å². The Bertz CT molecular complexity index is 731. The average molecular weight is 328 g/mol. The molecule has 2 rings (SSSR count). The number of nitrogens with one attached hydrogen (secondary N) is 2. The topological polar surface area (TPSA) is 93.7 Å². The lowest BCUT2D eigenvalue weighted by Gasteiger charge is -2.11. The largest absolute Gasteiger partial charge is 0.456 e. The van der Waals surface area contributed by atoms with Crippen molar-refractivity contribution in [2.24, 2.45) is 0 Å². The van der Waals surface area contributed by atoms with Crippen LogP contribution in [0.4, 0.5) is 0 Å². The minimum atomic E-state index is -0.709. The molecule has 0 unspecified atom stereocenters. The second-order valence-electron chi connectivity index (χ2n) is 4.72. The summed E-state index contributed by atoms with van der Waals surface area (Å²) in [6, 6.07) is 15.5. The van der Waals surface area contributed by atoms with Gasteiger partial charge < -0.3 is 9.47 Å². The Morgan fingerprint density at radius 3 is 2.29 bits per heavy atom. The van der Waals surface area contributed by atoms with Crippen LogP contribution in [-0.2, 0) is 14.3 Å². The van der Waals surface area contributed by atoms with Crippen molar-refractivity contribution < 1.29 is 23.9 Å². The lowest BCUT2D eigenvalue weighted by atomic mass is 10.2. The van der Waals surface area contributed by atoms with Gasteiger partial charge in [0.15, 0.2) is 6.61 Å². The summed E-state index contributed by atoms with van der Waals surface area (Å²) in [7, 11) is 0. The molecule has 0 aliphatic rings. The first kappa shape index (κ1) is 17.0. The van der Waals surface area contributed by atoms with Gasteiger partial charge in [-0.15, -0.1) is 0 Å². The number of hydrogen-bond donors (Lipinski definition) is 2. The number of amides is 2. The summed E-state index contributed by atoms with van der Waals surface area (Å²) in [5.41, 5.74) is 4.38. The highest BCUT2D eigenvalue weighted by Crippen LogP contribution is 2.25. The molecule has 2 N–H and O–H groups in total. The van der Waals surface area contributed by atoms with E-state index < -0.39 is 24.4 Å². The first-order chi connectivity index (χ1) is 11.6. The zero-order valence-corrected chi connectivity index (χ0v) is 12.9. The fraction of sp³-hybridized carbons (Fsp3) is 0.118. The first-order valence-electron chi connectivity index (χ1n) is 7.11. The molecular formula is C17H16N2O5. The van der Waals surface area contributed by atoms with Crippen LogP contribution in [0.25, 0.3) is 0 Å². The van der Waals surface area contributed by atoms with E-state index >= 15 is 0 Å². The van der Waals surface area contributed by atoms with E-state index in [2.05, 4.69) is 10.9 Å². The highest BCUT2D eigenvalue weighted by Gasteiger charge is 2.15. The third kappa shape index (κ3) is 5.13. The van der Waals surface area contributed by atoms with Crippen molar-refractivity contribution in [3.63, 3.8) is 0 Å². The molecule has 0 saturated carbocycles. The minimum absolute atomic E-state index is 0.189. The molecule has 0 saturated heterocycles. The minimum Gasteiger partial charge on any atom is -0.456 e. The Balaban J connectivity index is 1.99. The highest BCUT2D eigenvalue weighted by molar-refractivity contribution is 5.94. The van der Waals surface area contributed by atoms with E-state index in [9.17, 15) is 14.4 Å². The number of hydrogen-bond acceptors (Lipinski definition) is 5. The van der Waals surface area contributed by atoms with Gasteiger partial charge in [-0.1, -0.05) is 30.3 Å². The van der Waals surface area contributed by atoms with Crippen LogP contribution in [0.5, 0.6) is 11.5 Å². The van der Waals surface area contributed by atoms with E-state index in [1.54, 1.807) is 30.3 Å². The van der Waals surface area contributed by atoms with Gasteiger partial charge in [-0.3, -0.25) is 20.4 Å². The molecule has 24 heavy (non-hydrogen) atoms. The predicted octanol–water partition coefficient (Wildman–Crippen LogP) is 1.80. The van der Waals surface area contributed by atoms with Gasteiger partial charge in [-0.2, -0.15) is 0 Å². The zero-order chi connectivity index (χ0) is 17.4. The van der Waals surface area contributed by atoms with Crippen LogP contribution in [0.2, 0.25) is 0 Å². The number of para-hydroxylation sites is 2. The molecule has 7 heteroatoms. The second kappa shape index (κ2) is 8.33. The standard InChI is InChI=1S/C17H16N2O5/c1-12(20)18-19-16(21)11-23-17(22)14-9-5-6-10-15(14)24-13-7-3-2-4-8-13/h2-10H,11H2,1H3,(H,18,20)(H,19,21). The molecule has 2 amide bonds. The van der Waals surface area contributed by atoms with Crippen LogP contribution in [0.3, 0.4) is 0 Å². The van der Waals surface area contributed by atoms with Crippen molar-refractivity contribution in [1.29, 1.82) is 0 Å². The van der Waals surface area contributed by atoms with E-state index in [1.165, 1.54) is 13.0 Å². The summed E-state index contributed by atoms with van der Waals surface area (Å²) in [5, 5.41) is 0. The van der Waals surface area contributed by atoms with E-state index in [0.29, 0.717) is 11.5 Å². The zero-order valence-electron chi connectivity index (χ0n) is 12.9. The Morgan fingerprint density at radius 1 is 0.917 bits per heavy atom. The number of benzene rings is 2. The quantitative estimate of drug-likeness (QED) is 0.645. The molecule has 7 nitrogen and oxygen atoms in total. The molecule has 2 aromatic carbocycles. The van der Waals surface area contributed by atoms with E-state index in [4.69, 9.17) is 9.47 Å². The summed E-state index contributed by atoms with van der Waals surface area (Å²) >= 11 is 0. The molecule has 0 aliphatic heterocycles. The van der Waals surface area contributed by atoms with Gasteiger partial charge in [0, 0.05) is 6.92 Å². The van der Waals surface area contributed by atoms with Gasteiger partial charge >= 0.3 is 5.97 Å². The summed E-state index contributed by atoms with van der Waals surface area (Å²) in [4.78, 5) is 34.2. The molecule has 0 aliphatic carbocycles. The number of ether oxygens (including phenoxy) is 2. The molecule has 124 valence electrons. The number of carbonyl (C=O) groups is 3. The van der Waals surface area contributed by atoms with Gasteiger partial charge in [0.1, 0.15) is 17.1 Å². The molecule has 2 aromatic rings. The number of rotatable bonds is 5. The van der Waals surface area contributed by atoms with Crippen LogP contribution >= 0.6 is 0 Å². The fourth-order valence-corrected chi connectivity index (χ4v) is 1.74. The molecule has 0 atom stereocenters. The lowest BCUT2D eigenvalue weighted by molar-refractivity contribution is -0.129. The molecular weight excluding hydrogens is 312 g/mol. The first-order valence-corrected chi connectivity index (χ1v) is 7.11. The molecule has 0 radical (unpaired) electrons. The maximum absolute atomic E-state index is 12.1. The SMILES string of the molecule is CC(=O)NNC(=O)COC(=O)c1ccccc1Oc1ccccc1. The highest BCUT2D eigenvalue weighted by atomic mass is 16.5. The van der Waals surface area contributed by atoms with E-state index in [-0.39, 0.29) is 5.56 Å².